The summed E-state index contributed by atoms with van der Waals surface area (Å²) in [6, 6.07) is 15.4. The van der Waals surface area contributed by atoms with E-state index in [-0.39, 0.29) is 0 Å². The summed E-state index contributed by atoms with van der Waals surface area (Å²) in [7, 11) is 0. The van der Waals surface area contributed by atoms with Crippen LogP contribution in [-0.4, -0.2) is 22.1 Å². The fourth-order valence-electron chi connectivity index (χ4n) is 4.77. The number of piperidine rings is 1. The summed E-state index contributed by atoms with van der Waals surface area (Å²) in [6.07, 6.45) is 4.69. The summed E-state index contributed by atoms with van der Waals surface area (Å²) < 4.78 is 25.1. The van der Waals surface area contributed by atoms with Crippen LogP contribution in [0.3, 0.4) is 0 Å². The topological polar surface area (TPSA) is 72.0 Å². The molecule has 28 heavy (non-hydrogen) atoms. The van der Waals surface area contributed by atoms with E-state index in [1.807, 2.05) is 24.3 Å². The Morgan fingerprint density at radius 2 is 1.79 bits per heavy atom. The van der Waals surface area contributed by atoms with Gasteiger partial charge in [0.25, 0.3) is 0 Å². The molecule has 2 saturated heterocycles. The van der Waals surface area contributed by atoms with Gasteiger partial charge in [-0.05, 0) is 54.6 Å². The molecule has 142 valence electrons. The smallest absolute Gasteiger partial charge is 0.338 e. The van der Waals surface area contributed by atoms with Crippen molar-refractivity contribution in [2.75, 3.05) is 0 Å². The molecule has 6 nitrogen and oxygen atoms in total. The Hall–Kier alpha value is -2.64. The lowest BCUT2D eigenvalue weighted by Crippen LogP contribution is -2.35. The molecule has 2 N–H and O–H groups in total. The van der Waals surface area contributed by atoms with E-state index < -0.39 is 11.3 Å². The highest BCUT2D eigenvalue weighted by atomic mass is 32.2. The molecule has 7 heteroatoms. The molecule has 2 bridgehead atoms. The van der Waals surface area contributed by atoms with Crippen LogP contribution in [0.4, 0.5) is 0 Å². The van der Waals surface area contributed by atoms with Gasteiger partial charge in [0.1, 0.15) is 11.5 Å². The Labute approximate surface area is 165 Å². The van der Waals surface area contributed by atoms with Crippen molar-refractivity contribution < 1.29 is 13.2 Å². The molecule has 2 aromatic carbocycles. The minimum Gasteiger partial charge on any atom is -0.456 e. The second kappa shape index (κ2) is 6.18. The van der Waals surface area contributed by atoms with Gasteiger partial charge in [-0.2, -0.15) is 4.21 Å². The first-order valence-electron chi connectivity index (χ1n) is 9.58. The first kappa shape index (κ1) is 16.3. The number of amidine groups is 1. The van der Waals surface area contributed by atoms with Gasteiger partial charge in [-0.15, -0.1) is 0 Å². The lowest BCUT2D eigenvalue weighted by molar-refractivity contribution is 0.385. The standard InChI is InChI=1S/C21H19N3O3S/c25-28-24-21(23-27-28)12-5-8-17-19(11-12)26-18-4-2-1-3-16(18)20(17)13-9-14-6-7-15(10-13)22-14/h1-5,8,11,14-15,22H,6-7,9-10H2,(H,23,24). The lowest BCUT2D eigenvalue weighted by Gasteiger charge is -2.30. The molecule has 0 aromatic heterocycles. The molecule has 2 fully saturated rings. The number of nitrogens with one attached hydrogen (secondary N) is 2. The van der Waals surface area contributed by atoms with E-state index >= 15 is 0 Å². The molecule has 0 saturated carbocycles. The highest BCUT2D eigenvalue weighted by molar-refractivity contribution is 7.79. The van der Waals surface area contributed by atoms with Gasteiger partial charge in [0.15, 0.2) is 5.84 Å². The average Bonchev–Trinajstić information content (AvgIpc) is 3.30. The first-order valence-corrected chi connectivity index (χ1v) is 10.7. The van der Waals surface area contributed by atoms with Gasteiger partial charge < -0.3 is 10.1 Å². The number of rotatable bonds is 1. The lowest BCUT2D eigenvalue weighted by atomic mass is 9.84. The summed E-state index contributed by atoms with van der Waals surface area (Å²) in [5.41, 5.74) is 5.89. The third-order valence-electron chi connectivity index (χ3n) is 5.95. The van der Waals surface area contributed by atoms with Crippen LogP contribution in [0.15, 0.2) is 53.2 Å². The third-order valence-corrected chi connectivity index (χ3v) is 6.52. The molecule has 4 aliphatic rings. The summed E-state index contributed by atoms with van der Waals surface area (Å²) in [5.74, 6) is 2.13. The van der Waals surface area contributed by atoms with Crippen LogP contribution in [0, 0.1) is 0 Å². The number of ether oxygens (including phenoxy) is 1. The maximum absolute atomic E-state index is 11.4. The maximum Gasteiger partial charge on any atom is 0.338 e. The monoisotopic (exact) mass is 393 g/mol. The fourth-order valence-corrected chi connectivity index (χ4v) is 5.27. The van der Waals surface area contributed by atoms with Crippen LogP contribution < -0.4 is 14.8 Å². The Bertz CT molecular complexity index is 1060. The fraction of sp³-hybridized carbons (Fsp3) is 0.286. The molecule has 3 atom stereocenters. The largest absolute Gasteiger partial charge is 0.456 e. The molecular formula is C21H19N3O3S. The number of hydrogen-bond acceptors (Lipinski definition) is 5. The number of benzene rings is 2. The number of oxime groups is 1. The zero-order valence-electron chi connectivity index (χ0n) is 15.1. The Balaban J connectivity index is 1.50. The number of hydrogen-bond donors (Lipinski definition) is 2. The molecule has 0 aliphatic carbocycles. The summed E-state index contributed by atoms with van der Waals surface area (Å²) in [4.78, 5) is 0. The van der Waals surface area contributed by atoms with Gasteiger partial charge in [-0.3, -0.25) is 9.01 Å². The molecule has 4 aliphatic heterocycles. The minimum atomic E-state index is -1.61. The van der Waals surface area contributed by atoms with Crippen LogP contribution >= 0.6 is 0 Å². The third kappa shape index (κ3) is 2.57. The van der Waals surface area contributed by atoms with Crippen molar-refractivity contribution in [1.29, 1.82) is 0 Å². The number of fused-ring (bicyclic) bond motifs is 4. The van der Waals surface area contributed by atoms with Crippen molar-refractivity contribution in [1.82, 2.24) is 10.0 Å². The maximum atomic E-state index is 11.4. The van der Waals surface area contributed by atoms with Crippen molar-refractivity contribution >= 4 is 22.7 Å². The molecule has 0 amide bonds. The summed E-state index contributed by atoms with van der Waals surface area (Å²) in [6.45, 7) is 0. The van der Waals surface area contributed by atoms with E-state index in [1.165, 1.54) is 29.6 Å². The normalized spacial score (nSPS) is 27.3. The van der Waals surface area contributed by atoms with Gasteiger partial charge in [-0.25, -0.2) is 0 Å². The zero-order valence-corrected chi connectivity index (χ0v) is 15.9. The van der Waals surface area contributed by atoms with Crippen LogP contribution in [0.1, 0.15) is 42.4 Å². The molecular weight excluding hydrogens is 374 g/mol. The van der Waals surface area contributed by atoms with Gasteiger partial charge in [0.2, 0.25) is 0 Å². The van der Waals surface area contributed by atoms with E-state index in [1.54, 1.807) is 0 Å². The van der Waals surface area contributed by atoms with E-state index in [4.69, 9.17) is 9.02 Å². The van der Waals surface area contributed by atoms with Crippen molar-refractivity contribution in [2.45, 2.75) is 37.8 Å². The van der Waals surface area contributed by atoms with Crippen molar-refractivity contribution in [3.63, 3.8) is 0 Å². The predicted octanol–water partition coefficient (Wildman–Crippen LogP) is 3.37. The van der Waals surface area contributed by atoms with E-state index in [2.05, 4.69) is 33.4 Å². The molecule has 6 rings (SSSR count). The highest BCUT2D eigenvalue weighted by Crippen LogP contribution is 2.48. The molecule has 0 spiro atoms. The SMILES string of the molecule is O=S1NC(c2ccc3c(c2)Oc2ccccc2C3=C2CC3CCC(C2)N3)=NO1. The molecule has 2 aromatic rings. The van der Waals surface area contributed by atoms with Crippen LogP contribution in [0.2, 0.25) is 0 Å². The van der Waals surface area contributed by atoms with Crippen molar-refractivity contribution in [3.05, 3.63) is 64.7 Å². The van der Waals surface area contributed by atoms with Gasteiger partial charge >= 0.3 is 11.3 Å². The second-order valence-corrected chi connectivity index (χ2v) is 8.51. The number of nitrogens with zero attached hydrogens (tertiary/aromatic N) is 1. The Morgan fingerprint density at radius 3 is 2.57 bits per heavy atom. The van der Waals surface area contributed by atoms with Gasteiger partial charge in [0.05, 0.1) is 0 Å². The molecule has 3 unspecified atom stereocenters. The van der Waals surface area contributed by atoms with Crippen LogP contribution in [0.5, 0.6) is 11.5 Å². The van der Waals surface area contributed by atoms with E-state index in [0.29, 0.717) is 17.9 Å². The predicted molar refractivity (Wildman–Crippen MR) is 107 cm³/mol. The highest BCUT2D eigenvalue weighted by Gasteiger charge is 2.34. The van der Waals surface area contributed by atoms with Crippen molar-refractivity contribution in [3.8, 4) is 11.5 Å². The van der Waals surface area contributed by atoms with Crippen LogP contribution in [-0.2, 0) is 15.6 Å². The van der Waals surface area contributed by atoms with Crippen LogP contribution in [0.25, 0.3) is 5.57 Å². The number of para-hydroxylation sites is 1. The van der Waals surface area contributed by atoms with E-state index in [9.17, 15) is 4.21 Å². The van der Waals surface area contributed by atoms with Gasteiger partial charge in [-0.1, -0.05) is 29.8 Å². The van der Waals surface area contributed by atoms with E-state index in [0.717, 1.165) is 35.5 Å². The zero-order chi connectivity index (χ0) is 18.7. The summed E-state index contributed by atoms with van der Waals surface area (Å²) >= 11 is -1.61. The minimum absolute atomic E-state index is 0.456. The summed E-state index contributed by atoms with van der Waals surface area (Å²) in [5, 5.41) is 7.57. The Morgan fingerprint density at radius 1 is 1.00 bits per heavy atom. The second-order valence-electron chi connectivity index (χ2n) is 7.69. The van der Waals surface area contributed by atoms with Crippen molar-refractivity contribution in [2.24, 2.45) is 5.16 Å². The Kier molecular flexibility index (Phi) is 3.61. The average molecular weight is 393 g/mol. The first-order chi connectivity index (χ1) is 13.7. The molecule has 0 radical (unpaired) electrons. The molecule has 4 heterocycles. The quantitative estimate of drug-likeness (QED) is 0.665. The van der Waals surface area contributed by atoms with Gasteiger partial charge in [0, 0.05) is 28.8 Å².